The molecule has 2 rings (SSSR count). The molecule has 1 aromatic heterocycles. The van der Waals surface area contributed by atoms with Crippen LogP contribution in [0.1, 0.15) is 30.7 Å². The fourth-order valence-corrected chi connectivity index (χ4v) is 2.51. The highest BCUT2D eigenvalue weighted by atomic mass is 32.1. The predicted octanol–water partition coefficient (Wildman–Crippen LogP) is 3.86. The quantitative estimate of drug-likeness (QED) is 0.909. The lowest BCUT2D eigenvalue weighted by Crippen LogP contribution is -2.19. The number of anilines is 1. The van der Waals surface area contributed by atoms with Crippen molar-refractivity contribution in [3.63, 3.8) is 0 Å². The number of nitrogens with zero attached hydrogens (tertiary/aromatic N) is 1. The van der Waals surface area contributed by atoms with Crippen LogP contribution in [0.15, 0.2) is 30.5 Å². The van der Waals surface area contributed by atoms with Crippen LogP contribution in [0.3, 0.4) is 0 Å². The van der Waals surface area contributed by atoms with Crippen LogP contribution in [0.25, 0.3) is 0 Å². The molecule has 5 heteroatoms. The minimum atomic E-state index is -0.237. The van der Waals surface area contributed by atoms with E-state index in [9.17, 15) is 9.18 Å². The van der Waals surface area contributed by atoms with Gasteiger partial charge >= 0.3 is 0 Å². The Labute approximate surface area is 121 Å². The number of halogens is 1. The number of hydrogen-bond acceptors (Lipinski definition) is 3. The maximum absolute atomic E-state index is 12.8. The monoisotopic (exact) mass is 292 g/mol. The van der Waals surface area contributed by atoms with Gasteiger partial charge in [0.15, 0.2) is 5.13 Å². The number of aromatic nitrogens is 1. The van der Waals surface area contributed by atoms with Crippen molar-refractivity contribution in [1.82, 2.24) is 4.98 Å². The first-order chi connectivity index (χ1) is 9.58. The van der Waals surface area contributed by atoms with Gasteiger partial charge in [0.2, 0.25) is 5.91 Å². The molecule has 0 bridgehead atoms. The number of amides is 1. The smallest absolute Gasteiger partial charge is 0.228 e. The molecule has 0 radical (unpaired) electrons. The Morgan fingerprint density at radius 3 is 2.75 bits per heavy atom. The summed E-state index contributed by atoms with van der Waals surface area (Å²) in [5.41, 5.74) is 1.02. The molecule has 2 aromatic rings. The average Bonchev–Trinajstić information content (AvgIpc) is 2.87. The van der Waals surface area contributed by atoms with Crippen molar-refractivity contribution in [1.29, 1.82) is 0 Å². The molecule has 0 aliphatic rings. The van der Waals surface area contributed by atoms with Crippen molar-refractivity contribution in [3.8, 4) is 0 Å². The Hall–Kier alpha value is -1.75. The van der Waals surface area contributed by atoms with Crippen LogP contribution in [-0.2, 0) is 11.2 Å². The second-order valence-corrected chi connectivity index (χ2v) is 5.85. The molecule has 20 heavy (non-hydrogen) atoms. The molecule has 1 aromatic carbocycles. The third-order valence-corrected chi connectivity index (χ3v) is 4.05. The summed E-state index contributed by atoms with van der Waals surface area (Å²) < 4.78 is 12.8. The predicted molar refractivity (Wildman–Crippen MR) is 79.4 cm³/mol. The third kappa shape index (κ3) is 3.87. The molecule has 1 N–H and O–H groups in total. The third-order valence-electron chi connectivity index (χ3n) is 3.14. The van der Waals surface area contributed by atoms with E-state index in [-0.39, 0.29) is 17.6 Å². The molecule has 0 saturated carbocycles. The van der Waals surface area contributed by atoms with Crippen LogP contribution in [-0.4, -0.2) is 10.9 Å². The Morgan fingerprint density at radius 1 is 1.40 bits per heavy atom. The van der Waals surface area contributed by atoms with Crippen LogP contribution in [0.4, 0.5) is 9.52 Å². The number of hydrogen-bond donors (Lipinski definition) is 1. The number of benzene rings is 1. The summed E-state index contributed by atoms with van der Waals surface area (Å²) >= 11 is 1.45. The van der Waals surface area contributed by atoms with E-state index in [1.807, 2.05) is 13.8 Å². The van der Waals surface area contributed by atoms with E-state index in [0.29, 0.717) is 11.6 Å². The van der Waals surface area contributed by atoms with Gasteiger partial charge in [0.05, 0.1) is 0 Å². The Bertz CT molecular complexity index is 580. The molecular weight excluding hydrogens is 275 g/mol. The standard InChI is InChI=1S/C15H17FN2OS/c1-3-10(2)14(19)18-15-17-9-13(20-15)8-11-4-6-12(16)7-5-11/h4-7,9-10H,3,8H2,1-2H3,(H,17,18,19). The lowest BCUT2D eigenvalue weighted by molar-refractivity contribution is -0.119. The minimum Gasteiger partial charge on any atom is -0.302 e. The molecule has 0 fully saturated rings. The van der Waals surface area contributed by atoms with Crippen LogP contribution >= 0.6 is 11.3 Å². The maximum Gasteiger partial charge on any atom is 0.228 e. The molecule has 3 nitrogen and oxygen atoms in total. The number of carbonyl (C=O) groups excluding carboxylic acids is 1. The lowest BCUT2D eigenvalue weighted by Gasteiger charge is -2.06. The van der Waals surface area contributed by atoms with Crippen LogP contribution in [0, 0.1) is 11.7 Å². The fraction of sp³-hybridized carbons (Fsp3) is 0.333. The van der Waals surface area contributed by atoms with Gasteiger partial charge in [0.25, 0.3) is 0 Å². The summed E-state index contributed by atoms with van der Waals surface area (Å²) in [5.74, 6) is -0.255. The van der Waals surface area contributed by atoms with Gasteiger partial charge in [0.1, 0.15) is 5.82 Å². The van der Waals surface area contributed by atoms with Crippen LogP contribution < -0.4 is 5.32 Å². The molecule has 106 valence electrons. The molecule has 0 aliphatic carbocycles. The Kier molecular flexibility index (Phi) is 4.84. The van der Waals surface area contributed by atoms with Gasteiger partial charge in [-0.05, 0) is 24.1 Å². The van der Waals surface area contributed by atoms with Gasteiger partial charge in [-0.15, -0.1) is 11.3 Å². The van der Waals surface area contributed by atoms with Gasteiger partial charge < -0.3 is 5.32 Å². The van der Waals surface area contributed by atoms with Crippen molar-refractivity contribution in [2.24, 2.45) is 5.92 Å². The second-order valence-electron chi connectivity index (χ2n) is 4.73. The lowest BCUT2D eigenvalue weighted by atomic mass is 10.1. The Balaban J connectivity index is 1.98. The van der Waals surface area contributed by atoms with Gasteiger partial charge in [0, 0.05) is 23.4 Å². The zero-order valence-electron chi connectivity index (χ0n) is 11.5. The summed E-state index contributed by atoms with van der Waals surface area (Å²) in [7, 11) is 0. The molecule has 1 unspecified atom stereocenters. The maximum atomic E-state index is 12.8. The number of rotatable bonds is 5. The summed E-state index contributed by atoms with van der Waals surface area (Å²) in [4.78, 5) is 17.0. The summed E-state index contributed by atoms with van der Waals surface area (Å²) in [5, 5.41) is 3.43. The Morgan fingerprint density at radius 2 is 2.10 bits per heavy atom. The summed E-state index contributed by atoms with van der Waals surface area (Å²) in [6, 6.07) is 6.41. The van der Waals surface area contributed by atoms with Gasteiger partial charge in [-0.1, -0.05) is 26.0 Å². The van der Waals surface area contributed by atoms with Gasteiger partial charge in [-0.25, -0.2) is 9.37 Å². The first-order valence-electron chi connectivity index (χ1n) is 6.58. The number of nitrogens with one attached hydrogen (secondary N) is 1. The molecular formula is C15H17FN2OS. The molecule has 0 spiro atoms. The van der Waals surface area contributed by atoms with Crippen LogP contribution in [0.5, 0.6) is 0 Å². The number of carbonyl (C=O) groups is 1. The van der Waals surface area contributed by atoms with Crippen LogP contribution in [0.2, 0.25) is 0 Å². The first kappa shape index (κ1) is 14.7. The largest absolute Gasteiger partial charge is 0.302 e. The average molecular weight is 292 g/mol. The van der Waals surface area contributed by atoms with Crippen molar-refractivity contribution in [2.45, 2.75) is 26.7 Å². The van der Waals surface area contributed by atoms with E-state index in [0.717, 1.165) is 16.9 Å². The van der Waals surface area contributed by atoms with E-state index in [1.165, 1.54) is 23.5 Å². The van der Waals surface area contributed by atoms with E-state index in [1.54, 1.807) is 18.3 Å². The molecule has 1 heterocycles. The zero-order valence-corrected chi connectivity index (χ0v) is 12.3. The van der Waals surface area contributed by atoms with Crippen molar-refractivity contribution >= 4 is 22.4 Å². The summed E-state index contributed by atoms with van der Waals surface area (Å²) in [6.45, 7) is 3.87. The van der Waals surface area contributed by atoms with E-state index in [4.69, 9.17) is 0 Å². The molecule has 0 saturated heterocycles. The van der Waals surface area contributed by atoms with Crippen molar-refractivity contribution in [3.05, 3.63) is 46.7 Å². The van der Waals surface area contributed by atoms with E-state index < -0.39 is 0 Å². The highest BCUT2D eigenvalue weighted by molar-refractivity contribution is 7.15. The molecule has 1 atom stereocenters. The highest BCUT2D eigenvalue weighted by Crippen LogP contribution is 2.22. The van der Waals surface area contributed by atoms with E-state index >= 15 is 0 Å². The second kappa shape index (κ2) is 6.61. The van der Waals surface area contributed by atoms with Crippen molar-refractivity contribution < 1.29 is 9.18 Å². The summed E-state index contributed by atoms with van der Waals surface area (Å²) in [6.07, 6.45) is 3.25. The zero-order chi connectivity index (χ0) is 14.5. The van der Waals surface area contributed by atoms with Crippen molar-refractivity contribution in [2.75, 3.05) is 5.32 Å². The SMILES string of the molecule is CCC(C)C(=O)Nc1ncc(Cc2ccc(F)cc2)s1. The highest BCUT2D eigenvalue weighted by Gasteiger charge is 2.12. The molecule has 0 aliphatic heterocycles. The van der Waals surface area contributed by atoms with Gasteiger partial charge in [-0.3, -0.25) is 4.79 Å². The fourth-order valence-electron chi connectivity index (χ4n) is 1.66. The van der Waals surface area contributed by atoms with Gasteiger partial charge in [-0.2, -0.15) is 0 Å². The number of thiazole rings is 1. The normalized spacial score (nSPS) is 12.2. The topological polar surface area (TPSA) is 42.0 Å². The first-order valence-corrected chi connectivity index (χ1v) is 7.40. The van der Waals surface area contributed by atoms with E-state index in [2.05, 4.69) is 10.3 Å². The minimum absolute atomic E-state index is 0.00446. The molecule has 1 amide bonds.